The number of halogens is 1. The number of hydrogen-bond donors (Lipinski definition) is 0. The van der Waals surface area contributed by atoms with Crippen molar-refractivity contribution >= 4 is 28.5 Å². The molecule has 0 aliphatic rings. The van der Waals surface area contributed by atoms with Gasteiger partial charge in [-0.3, -0.25) is 9.63 Å². The number of rotatable bonds is 3. The number of hydrogen-bond acceptors (Lipinski definition) is 2. The minimum absolute atomic E-state index is 0.171. The Bertz CT molecular complexity index is 211. The quantitative estimate of drug-likeness (QED) is 0.342. The molecular weight excluding hydrogens is 269 g/mol. The fourth-order valence-electron chi connectivity index (χ4n) is 0.434. The number of nitrogens with zero attached hydrogens (tertiary/aromatic N) is 1. The van der Waals surface area contributed by atoms with E-state index in [4.69, 9.17) is 0 Å². The molecule has 12 heavy (non-hydrogen) atoms. The van der Waals surface area contributed by atoms with E-state index in [0.29, 0.717) is 0 Å². The van der Waals surface area contributed by atoms with Crippen molar-refractivity contribution in [2.24, 2.45) is 0 Å². The molecule has 0 aliphatic heterocycles. The van der Waals surface area contributed by atoms with Crippen LogP contribution in [-0.4, -0.2) is 25.1 Å². The maximum atomic E-state index is 11.1. The van der Waals surface area contributed by atoms with Crippen LogP contribution in [0, 0.1) is 0 Å². The Hall–Kier alpha value is -0.360. The Labute approximate surface area is 86.2 Å². The molecule has 4 heteroatoms. The van der Waals surface area contributed by atoms with Crippen molar-refractivity contribution in [3.05, 3.63) is 21.8 Å². The van der Waals surface area contributed by atoms with Crippen molar-refractivity contribution in [3.63, 3.8) is 0 Å². The predicted molar refractivity (Wildman–Crippen MR) is 56.7 cm³/mol. The Balaban J connectivity index is 4.09. The summed E-state index contributed by atoms with van der Waals surface area (Å²) in [6.07, 6.45) is 3.21. The van der Waals surface area contributed by atoms with Crippen molar-refractivity contribution in [2.75, 3.05) is 14.2 Å². The summed E-state index contributed by atoms with van der Waals surface area (Å²) in [7, 11) is 3.02. The van der Waals surface area contributed by atoms with Crippen LogP contribution in [-0.2, 0) is 9.63 Å². The van der Waals surface area contributed by atoms with E-state index in [0.717, 1.165) is 10.6 Å². The zero-order valence-electron chi connectivity index (χ0n) is 7.37. The second kappa shape index (κ2) is 6.19. The molecular formula is C8H12INO2. The number of hydroxylamine groups is 2. The molecule has 0 atom stereocenters. The number of likely N-dealkylation sites (N-methyl/N-ethyl adjacent to an activating group) is 1. The van der Waals surface area contributed by atoms with E-state index in [1.54, 1.807) is 13.1 Å². The van der Waals surface area contributed by atoms with Crippen LogP contribution in [0.2, 0.25) is 0 Å². The van der Waals surface area contributed by atoms with E-state index in [1.165, 1.54) is 13.2 Å². The molecule has 0 N–H and O–H groups in total. The SMILES string of the molecule is CON(C)C(=O)/C=C/C(C)=C/I. The van der Waals surface area contributed by atoms with Crippen LogP contribution in [0.25, 0.3) is 0 Å². The highest BCUT2D eigenvalue weighted by Gasteiger charge is 2.00. The maximum Gasteiger partial charge on any atom is 0.269 e. The van der Waals surface area contributed by atoms with E-state index >= 15 is 0 Å². The van der Waals surface area contributed by atoms with E-state index in [1.807, 2.05) is 11.0 Å². The molecule has 0 bridgehead atoms. The zero-order chi connectivity index (χ0) is 9.56. The fourth-order valence-corrected chi connectivity index (χ4v) is 0.642. The highest BCUT2D eigenvalue weighted by Crippen LogP contribution is 1.99. The Kier molecular flexibility index (Phi) is 6.00. The summed E-state index contributed by atoms with van der Waals surface area (Å²) < 4.78 is 1.90. The lowest BCUT2D eigenvalue weighted by molar-refractivity contribution is -0.162. The minimum atomic E-state index is -0.171. The van der Waals surface area contributed by atoms with E-state index in [-0.39, 0.29) is 5.91 Å². The van der Waals surface area contributed by atoms with Gasteiger partial charge in [0.15, 0.2) is 0 Å². The monoisotopic (exact) mass is 281 g/mol. The zero-order valence-corrected chi connectivity index (χ0v) is 9.53. The van der Waals surface area contributed by atoms with Crippen LogP contribution in [0.3, 0.4) is 0 Å². The number of allylic oxidation sites excluding steroid dienone is 2. The molecule has 68 valence electrons. The molecule has 0 spiro atoms. The van der Waals surface area contributed by atoms with Gasteiger partial charge in [-0.2, -0.15) is 0 Å². The maximum absolute atomic E-state index is 11.1. The molecule has 0 unspecified atom stereocenters. The standard InChI is InChI=1S/C8H12INO2/c1-7(6-9)4-5-8(11)10(2)12-3/h4-6H,1-3H3/b5-4+,7-6+. The summed E-state index contributed by atoms with van der Waals surface area (Å²) in [4.78, 5) is 15.8. The van der Waals surface area contributed by atoms with Crippen molar-refractivity contribution in [1.82, 2.24) is 5.06 Å². The summed E-state index contributed by atoms with van der Waals surface area (Å²) in [5.74, 6) is -0.171. The average Bonchev–Trinajstić information content (AvgIpc) is 2.11. The third-order valence-electron chi connectivity index (χ3n) is 1.25. The lowest BCUT2D eigenvalue weighted by Gasteiger charge is -2.09. The molecule has 1 amide bonds. The average molecular weight is 281 g/mol. The first-order chi connectivity index (χ1) is 5.61. The van der Waals surface area contributed by atoms with E-state index in [9.17, 15) is 4.79 Å². The Morgan fingerprint density at radius 1 is 1.50 bits per heavy atom. The predicted octanol–water partition coefficient (Wildman–Crippen LogP) is 1.90. The summed E-state index contributed by atoms with van der Waals surface area (Å²) in [5.41, 5.74) is 1.04. The highest BCUT2D eigenvalue weighted by molar-refractivity contribution is 14.1. The van der Waals surface area contributed by atoms with Gasteiger partial charge in [-0.15, -0.1) is 0 Å². The first-order valence-electron chi connectivity index (χ1n) is 3.38. The van der Waals surface area contributed by atoms with Crippen LogP contribution >= 0.6 is 22.6 Å². The molecule has 0 rings (SSSR count). The molecule has 0 aromatic rings. The molecule has 0 aliphatic carbocycles. The Morgan fingerprint density at radius 2 is 2.08 bits per heavy atom. The first-order valence-corrected chi connectivity index (χ1v) is 4.63. The number of carbonyl (C=O) groups excluding carboxylic acids is 1. The van der Waals surface area contributed by atoms with Crippen LogP contribution in [0.15, 0.2) is 21.8 Å². The van der Waals surface area contributed by atoms with Gasteiger partial charge in [0.25, 0.3) is 5.91 Å². The van der Waals surface area contributed by atoms with Crippen molar-refractivity contribution < 1.29 is 9.63 Å². The smallest absolute Gasteiger partial charge is 0.269 e. The van der Waals surface area contributed by atoms with Crippen LogP contribution in [0.5, 0.6) is 0 Å². The van der Waals surface area contributed by atoms with Gasteiger partial charge in [-0.25, -0.2) is 5.06 Å². The second-order valence-electron chi connectivity index (χ2n) is 2.20. The van der Waals surface area contributed by atoms with E-state index in [2.05, 4.69) is 27.4 Å². The summed E-state index contributed by atoms with van der Waals surface area (Å²) in [5, 5.41) is 1.16. The highest BCUT2D eigenvalue weighted by atomic mass is 127. The second-order valence-corrected chi connectivity index (χ2v) is 2.83. The lowest BCUT2D eigenvalue weighted by atomic mass is 10.3. The number of carbonyl (C=O) groups is 1. The van der Waals surface area contributed by atoms with Gasteiger partial charge in [0.1, 0.15) is 0 Å². The van der Waals surface area contributed by atoms with Gasteiger partial charge >= 0.3 is 0 Å². The molecule has 0 saturated heterocycles. The molecule has 0 heterocycles. The third-order valence-corrected chi connectivity index (χ3v) is 2.23. The van der Waals surface area contributed by atoms with Crippen molar-refractivity contribution in [1.29, 1.82) is 0 Å². The summed E-state index contributed by atoms with van der Waals surface area (Å²) >= 11 is 2.12. The normalized spacial score (nSPS) is 12.2. The van der Waals surface area contributed by atoms with Gasteiger partial charge < -0.3 is 0 Å². The molecule has 0 radical (unpaired) electrons. The third kappa shape index (κ3) is 4.50. The van der Waals surface area contributed by atoms with Gasteiger partial charge in [0.05, 0.1) is 7.11 Å². The fraction of sp³-hybridized carbons (Fsp3) is 0.375. The van der Waals surface area contributed by atoms with Gasteiger partial charge in [-0.05, 0) is 16.6 Å². The van der Waals surface area contributed by atoms with Gasteiger partial charge in [0.2, 0.25) is 0 Å². The summed E-state index contributed by atoms with van der Waals surface area (Å²) in [6.45, 7) is 1.92. The van der Waals surface area contributed by atoms with Crippen LogP contribution in [0.4, 0.5) is 0 Å². The molecule has 0 saturated carbocycles. The number of amides is 1. The topological polar surface area (TPSA) is 29.5 Å². The van der Waals surface area contributed by atoms with Gasteiger partial charge in [-0.1, -0.05) is 28.7 Å². The molecule has 0 aromatic carbocycles. The summed E-state index contributed by atoms with van der Waals surface area (Å²) in [6, 6.07) is 0. The molecule has 0 aromatic heterocycles. The molecule has 0 fully saturated rings. The Morgan fingerprint density at radius 3 is 2.50 bits per heavy atom. The molecule has 3 nitrogen and oxygen atoms in total. The van der Waals surface area contributed by atoms with E-state index < -0.39 is 0 Å². The largest absolute Gasteiger partial charge is 0.274 e. The van der Waals surface area contributed by atoms with Gasteiger partial charge in [0, 0.05) is 13.1 Å². The van der Waals surface area contributed by atoms with Crippen LogP contribution < -0.4 is 0 Å². The van der Waals surface area contributed by atoms with Crippen molar-refractivity contribution in [3.8, 4) is 0 Å². The first kappa shape index (κ1) is 11.6. The van der Waals surface area contributed by atoms with Crippen LogP contribution in [0.1, 0.15) is 6.92 Å². The minimum Gasteiger partial charge on any atom is -0.274 e. The lowest BCUT2D eigenvalue weighted by Crippen LogP contribution is -2.23. The van der Waals surface area contributed by atoms with Crippen molar-refractivity contribution in [2.45, 2.75) is 6.92 Å².